The van der Waals surface area contributed by atoms with E-state index in [-0.39, 0.29) is 12.5 Å². The number of anilines is 2. The van der Waals surface area contributed by atoms with Gasteiger partial charge in [0.2, 0.25) is 0 Å². The van der Waals surface area contributed by atoms with Crippen LogP contribution in [0.5, 0.6) is 5.75 Å². The topological polar surface area (TPSA) is 64.3 Å². The summed E-state index contributed by atoms with van der Waals surface area (Å²) in [6.07, 6.45) is 0. The van der Waals surface area contributed by atoms with Crippen LogP contribution in [0.4, 0.5) is 11.4 Å². The molecule has 2 aromatic carbocycles. The minimum atomic E-state index is -0.198. The van der Waals surface area contributed by atoms with E-state index in [4.69, 9.17) is 10.5 Å². The molecule has 3 N–H and O–H groups in total. The van der Waals surface area contributed by atoms with Crippen molar-refractivity contribution < 1.29 is 9.53 Å². The van der Waals surface area contributed by atoms with E-state index >= 15 is 0 Å². The van der Waals surface area contributed by atoms with Gasteiger partial charge in [0.1, 0.15) is 5.75 Å². The molecule has 0 saturated heterocycles. The van der Waals surface area contributed by atoms with Gasteiger partial charge in [-0.15, -0.1) is 0 Å². The van der Waals surface area contributed by atoms with Gasteiger partial charge in [-0.1, -0.05) is 23.8 Å². The van der Waals surface area contributed by atoms with Gasteiger partial charge in [-0.25, -0.2) is 0 Å². The molecule has 1 amide bonds. The van der Waals surface area contributed by atoms with Gasteiger partial charge in [0.05, 0.1) is 0 Å². The van der Waals surface area contributed by atoms with Gasteiger partial charge < -0.3 is 15.8 Å². The molecular weight excluding hydrogens is 252 g/mol. The molecule has 4 nitrogen and oxygen atoms in total. The van der Waals surface area contributed by atoms with Crippen molar-refractivity contribution in [1.29, 1.82) is 0 Å². The third-order valence-corrected chi connectivity index (χ3v) is 2.91. The summed E-state index contributed by atoms with van der Waals surface area (Å²) >= 11 is 0. The van der Waals surface area contributed by atoms with Crippen LogP contribution in [-0.4, -0.2) is 12.5 Å². The lowest BCUT2D eigenvalue weighted by molar-refractivity contribution is -0.118. The Labute approximate surface area is 118 Å². The lowest BCUT2D eigenvalue weighted by Crippen LogP contribution is -2.20. The number of aryl methyl sites for hydroxylation is 2. The van der Waals surface area contributed by atoms with E-state index in [0.717, 1.165) is 16.8 Å². The van der Waals surface area contributed by atoms with Gasteiger partial charge in [-0.05, 0) is 37.6 Å². The number of nitrogen functional groups attached to an aromatic ring is 1. The molecule has 0 saturated carbocycles. The molecule has 0 aliphatic rings. The normalized spacial score (nSPS) is 10.1. The molecule has 0 radical (unpaired) electrons. The summed E-state index contributed by atoms with van der Waals surface area (Å²) in [4.78, 5) is 11.8. The number of carbonyl (C=O) groups excluding carboxylic acids is 1. The second-order valence-corrected chi connectivity index (χ2v) is 4.73. The highest BCUT2D eigenvalue weighted by molar-refractivity contribution is 5.91. The van der Waals surface area contributed by atoms with E-state index in [2.05, 4.69) is 5.32 Å². The largest absolute Gasteiger partial charge is 0.483 e. The molecule has 0 unspecified atom stereocenters. The zero-order valence-corrected chi connectivity index (χ0v) is 11.6. The minimum absolute atomic E-state index is 0.0435. The molecule has 0 bridgehead atoms. The smallest absolute Gasteiger partial charge is 0.262 e. The number of hydrogen-bond donors (Lipinski definition) is 2. The summed E-state index contributed by atoms with van der Waals surface area (Å²) in [5, 5.41) is 2.78. The van der Waals surface area contributed by atoms with Gasteiger partial charge in [0.25, 0.3) is 5.91 Å². The van der Waals surface area contributed by atoms with E-state index in [1.807, 2.05) is 44.2 Å². The molecule has 2 aromatic rings. The Morgan fingerprint density at radius 3 is 2.55 bits per heavy atom. The predicted octanol–water partition coefficient (Wildman–Crippen LogP) is 2.90. The Bertz CT molecular complexity index is 606. The highest BCUT2D eigenvalue weighted by Crippen LogP contribution is 2.20. The zero-order chi connectivity index (χ0) is 14.5. The van der Waals surface area contributed by atoms with Crippen molar-refractivity contribution in [3.63, 3.8) is 0 Å². The van der Waals surface area contributed by atoms with Crippen molar-refractivity contribution >= 4 is 17.3 Å². The van der Waals surface area contributed by atoms with Crippen molar-refractivity contribution in [3.8, 4) is 5.75 Å². The summed E-state index contributed by atoms with van der Waals surface area (Å²) in [7, 11) is 0. The maximum atomic E-state index is 11.8. The second kappa shape index (κ2) is 6.10. The Morgan fingerprint density at radius 1 is 1.15 bits per heavy atom. The van der Waals surface area contributed by atoms with Crippen LogP contribution in [0, 0.1) is 13.8 Å². The number of rotatable bonds is 4. The van der Waals surface area contributed by atoms with Crippen LogP contribution in [0.3, 0.4) is 0 Å². The van der Waals surface area contributed by atoms with Crippen LogP contribution in [-0.2, 0) is 4.79 Å². The van der Waals surface area contributed by atoms with E-state index in [1.165, 1.54) is 0 Å². The highest BCUT2D eigenvalue weighted by atomic mass is 16.5. The summed E-state index contributed by atoms with van der Waals surface area (Å²) in [6.45, 7) is 3.86. The van der Waals surface area contributed by atoms with Gasteiger partial charge in [0.15, 0.2) is 6.61 Å². The number of amides is 1. The first-order chi connectivity index (χ1) is 9.54. The van der Waals surface area contributed by atoms with Crippen molar-refractivity contribution in [1.82, 2.24) is 0 Å². The van der Waals surface area contributed by atoms with E-state index in [9.17, 15) is 4.79 Å². The quantitative estimate of drug-likeness (QED) is 0.840. The fraction of sp³-hybridized carbons (Fsp3) is 0.188. The fourth-order valence-corrected chi connectivity index (χ4v) is 1.75. The van der Waals surface area contributed by atoms with Crippen molar-refractivity contribution in [2.45, 2.75) is 13.8 Å². The number of benzene rings is 2. The summed E-state index contributed by atoms with van der Waals surface area (Å²) in [5.74, 6) is 0.430. The van der Waals surface area contributed by atoms with Gasteiger partial charge in [0, 0.05) is 17.4 Å². The number of nitrogens with one attached hydrogen (secondary N) is 1. The summed E-state index contributed by atoms with van der Waals surface area (Å²) < 4.78 is 5.48. The SMILES string of the molecule is Cc1ccc(NC(=O)COc2cc(N)ccc2C)cc1. The van der Waals surface area contributed by atoms with Crippen LogP contribution >= 0.6 is 0 Å². The first kappa shape index (κ1) is 13.9. The van der Waals surface area contributed by atoms with Crippen LogP contribution in [0.25, 0.3) is 0 Å². The molecule has 0 fully saturated rings. The van der Waals surface area contributed by atoms with E-state index in [0.29, 0.717) is 11.4 Å². The number of nitrogens with two attached hydrogens (primary N) is 1. The van der Waals surface area contributed by atoms with Crippen molar-refractivity contribution in [3.05, 3.63) is 53.6 Å². The van der Waals surface area contributed by atoms with E-state index in [1.54, 1.807) is 12.1 Å². The lowest BCUT2D eigenvalue weighted by atomic mass is 10.2. The average molecular weight is 270 g/mol. The zero-order valence-electron chi connectivity index (χ0n) is 11.6. The molecule has 0 heterocycles. The predicted molar refractivity (Wildman–Crippen MR) is 80.9 cm³/mol. The highest BCUT2D eigenvalue weighted by Gasteiger charge is 2.06. The van der Waals surface area contributed by atoms with Crippen LogP contribution in [0.2, 0.25) is 0 Å². The molecular formula is C16H18N2O2. The average Bonchev–Trinajstić information content (AvgIpc) is 2.42. The molecule has 0 aliphatic heterocycles. The standard InChI is InChI=1S/C16H18N2O2/c1-11-3-7-14(8-4-11)18-16(19)10-20-15-9-13(17)6-5-12(15)2/h3-9H,10,17H2,1-2H3,(H,18,19). The molecule has 20 heavy (non-hydrogen) atoms. The van der Waals surface area contributed by atoms with Gasteiger partial charge >= 0.3 is 0 Å². The summed E-state index contributed by atoms with van der Waals surface area (Å²) in [6, 6.07) is 13.0. The molecule has 0 aromatic heterocycles. The van der Waals surface area contributed by atoms with E-state index < -0.39 is 0 Å². The third-order valence-electron chi connectivity index (χ3n) is 2.91. The Morgan fingerprint density at radius 2 is 1.85 bits per heavy atom. The minimum Gasteiger partial charge on any atom is -0.483 e. The number of ether oxygens (including phenoxy) is 1. The maximum absolute atomic E-state index is 11.8. The molecule has 104 valence electrons. The number of carbonyl (C=O) groups is 1. The Hall–Kier alpha value is -2.49. The molecule has 0 atom stereocenters. The monoisotopic (exact) mass is 270 g/mol. The Balaban J connectivity index is 1.92. The van der Waals surface area contributed by atoms with Crippen LogP contribution in [0.15, 0.2) is 42.5 Å². The van der Waals surface area contributed by atoms with Crippen molar-refractivity contribution in [2.75, 3.05) is 17.7 Å². The molecule has 2 rings (SSSR count). The van der Waals surface area contributed by atoms with Gasteiger partial charge in [-0.2, -0.15) is 0 Å². The molecule has 0 spiro atoms. The molecule has 4 heteroatoms. The second-order valence-electron chi connectivity index (χ2n) is 4.73. The van der Waals surface area contributed by atoms with Crippen LogP contribution < -0.4 is 15.8 Å². The lowest BCUT2D eigenvalue weighted by Gasteiger charge is -2.10. The van der Waals surface area contributed by atoms with Crippen LogP contribution in [0.1, 0.15) is 11.1 Å². The third kappa shape index (κ3) is 3.75. The van der Waals surface area contributed by atoms with Crippen molar-refractivity contribution in [2.24, 2.45) is 0 Å². The summed E-state index contributed by atoms with van der Waals surface area (Å²) in [5.41, 5.74) is 9.16. The Kier molecular flexibility index (Phi) is 4.25. The number of hydrogen-bond acceptors (Lipinski definition) is 3. The maximum Gasteiger partial charge on any atom is 0.262 e. The molecule has 0 aliphatic carbocycles. The van der Waals surface area contributed by atoms with Gasteiger partial charge in [-0.3, -0.25) is 4.79 Å². The first-order valence-corrected chi connectivity index (χ1v) is 6.40. The first-order valence-electron chi connectivity index (χ1n) is 6.40. The fourth-order valence-electron chi connectivity index (χ4n) is 1.75.